The van der Waals surface area contributed by atoms with Crippen molar-refractivity contribution in [3.8, 4) is 22.3 Å². The minimum atomic E-state index is -0.173. The van der Waals surface area contributed by atoms with Crippen molar-refractivity contribution in [1.29, 1.82) is 0 Å². The van der Waals surface area contributed by atoms with E-state index in [4.69, 9.17) is 0 Å². The number of nitrogens with zero attached hydrogens (tertiary/aromatic N) is 2. The molecule has 3 aliphatic carbocycles. The van der Waals surface area contributed by atoms with Crippen LogP contribution in [0, 0.1) is 11.8 Å². The Labute approximate surface area is 402 Å². The lowest BCUT2D eigenvalue weighted by molar-refractivity contribution is 0.350. The van der Waals surface area contributed by atoms with Gasteiger partial charge in [0.2, 0.25) is 0 Å². The van der Waals surface area contributed by atoms with Gasteiger partial charge in [-0.3, -0.25) is 0 Å². The van der Waals surface area contributed by atoms with Gasteiger partial charge in [0.1, 0.15) is 0 Å². The molecule has 1 aromatic heterocycles. The first-order chi connectivity index (χ1) is 33.7. The molecule has 0 bridgehead atoms. The fourth-order valence-corrected chi connectivity index (χ4v) is 14.1. The zero-order valence-corrected chi connectivity index (χ0v) is 38.5. The van der Waals surface area contributed by atoms with Gasteiger partial charge in [-0.2, -0.15) is 0 Å². The quantitative estimate of drug-likeness (QED) is 0.150. The average Bonchev–Trinajstić information content (AvgIpc) is 4.14. The van der Waals surface area contributed by atoms with Crippen LogP contribution in [-0.2, 0) is 18.3 Å². The molecule has 1 spiro atoms. The summed E-state index contributed by atoms with van der Waals surface area (Å²) in [6, 6.07) is 86.5. The van der Waals surface area contributed by atoms with Gasteiger partial charge >= 0.3 is 0 Å². The van der Waals surface area contributed by atoms with Gasteiger partial charge in [-0.05, 0) is 154 Å². The molecule has 3 aliphatic rings. The van der Waals surface area contributed by atoms with E-state index >= 15 is 0 Å². The van der Waals surface area contributed by atoms with E-state index in [0.29, 0.717) is 11.8 Å². The van der Waals surface area contributed by atoms with Crippen LogP contribution in [0.15, 0.2) is 231 Å². The molecule has 0 radical (unpaired) electrons. The molecular weight excluding hydrogens is 841 g/mol. The Morgan fingerprint density at radius 3 is 1.56 bits per heavy atom. The summed E-state index contributed by atoms with van der Waals surface area (Å²) < 4.78 is 2.63. The minimum Gasteiger partial charge on any atom is -0.310 e. The van der Waals surface area contributed by atoms with Gasteiger partial charge in [0.25, 0.3) is 0 Å². The summed E-state index contributed by atoms with van der Waals surface area (Å²) in [7, 11) is 0. The van der Waals surface area contributed by atoms with Crippen molar-refractivity contribution in [2.75, 3.05) is 9.80 Å². The maximum atomic E-state index is 2.68. The van der Waals surface area contributed by atoms with Crippen LogP contribution < -0.4 is 9.80 Å². The third-order valence-corrected chi connectivity index (χ3v) is 16.8. The molecule has 0 amide bonds. The summed E-state index contributed by atoms with van der Waals surface area (Å²) in [6.07, 6.45) is 4.63. The highest BCUT2D eigenvalue weighted by molar-refractivity contribution is 7.25. The summed E-state index contributed by atoms with van der Waals surface area (Å²) in [4.78, 5) is 5.22. The van der Waals surface area contributed by atoms with Gasteiger partial charge < -0.3 is 9.80 Å². The van der Waals surface area contributed by atoms with E-state index in [9.17, 15) is 0 Å². The molecule has 324 valence electrons. The van der Waals surface area contributed by atoms with Crippen LogP contribution in [0.3, 0.4) is 0 Å². The molecule has 11 aromatic rings. The molecule has 0 aliphatic heterocycles. The summed E-state index contributed by atoms with van der Waals surface area (Å²) in [5.41, 5.74) is 18.1. The van der Waals surface area contributed by atoms with Gasteiger partial charge in [0, 0.05) is 48.2 Å². The van der Waals surface area contributed by atoms with E-state index in [1.807, 2.05) is 11.3 Å². The number of anilines is 6. The number of benzene rings is 10. The smallest absolute Gasteiger partial charge is 0.0546 e. The second kappa shape index (κ2) is 15.7. The van der Waals surface area contributed by atoms with Gasteiger partial charge in [-0.15, -0.1) is 11.3 Å². The zero-order valence-electron chi connectivity index (χ0n) is 37.7. The molecule has 3 atom stereocenters. The number of hydrogen-bond donors (Lipinski definition) is 0. The van der Waals surface area contributed by atoms with Crippen LogP contribution >= 0.6 is 11.3 Å². The number of hydrogen-bond acceptors (Lipinski definition) is 3. The van der Waals surface area contributed by atoms with E-state index in [1.165, 1.54) is 122 Å². The molecule has 0 saturated heterocycles. The van der Waals surface area contributed by atoms with Gasteiger partial charge in [-0.25, -0.2) is 0 Å². The Balaban J connectivity index is 1.05. The highest BCUT2D eigenvalue weighted by atomic mass is 32.1. The molecule has 14 rings (SSSR count). The van der Waals surface area contributed by atoms with E-state index in [0.717, 1.165) is 12.8 Å². The highest BCUT2D eigenvalue weighted by Gasteiger charge is 2.62. The Morgan fingerprint density at radius 2 is 0.897 bits per heavy atom. The largest absolute Gasteiger partial charge is 0.310 e. The van der Waals surface area contributed by atoms with E-state index in [-0.39, 0.29) is 5.41 Å². The lowest BCUT2D eigenvalue weighted by atomic mass is 9.68. The summed E-state index contributed by atoms with van der Waals surface area (Å²) in [5.74, 6) is 0.987. The third-order valence-electron chi connectivity index (χ3n) is 15.7. The molecule has 68 heavy (non-hydrogen) atoms. The molecule has 2 nitrogen and oxygen atoms in total. The lowest BCUT2D eigenvalue weighted by Gasteiger charge is -2.40. The lowest BCUT2D eigenvalue weighted by Crippen LogP contribution is -2.34. The minimum absolute atomic E-state index is 0.173. The summed E-state index contributed by atoms with van der Waals surface area (Å²) in [6.45, 7) is 0. The molecule has 3 heteroatoms. The normalized spacial score (nSPS) is 17.8. The Hall–Kier alpha value is -7.72. The highest BCUT2D eigenvalue weighted by Crippen LogP contribution is 2.69. The fraction of sp³-hybridized carbons (Fsp3) is 0.108. The zero-order chi connectivity index (χ0) is 44.8. The van der Waals surface area contributed by atoms with Crippen LogP contribution in [0.2, 0.25) is 0 Å². The van der Waals surface area contributed by atoms with Gasteiger partial charge in [-0.1, -0.05) is 164 Å². The van der Waals surface area contributed by atoms with Crippen LogP contribution in [0.5, 0.6) is 0 Å². The Morgan fingerprint density at radius 1 is 0.368 bits per heavy atom. The average molecular weight is 889 g/mol. The SMILES string of the molecule is c1ccc(-c2ccc(-c3cc4ccccc4cc3N(c3ccc4c(c3)sc3ccccc34)c3cccc4c3C35c6c(cccc6N(c6ccccc6)c6ccccc6)CC3CCC5C4)cc2)cc1. The maximum absolute atomic E-state index is 2.68. The fourth-order valence-electron chi connectivity index (χ4n) is 13.0. The first kappa shape index (κ1) is 39.4. The number of fused-ring (bicyclic) bond motifs is 6. The predicted molar refractivity (Wildman–Crippen MR) is 288 cm³/mol. The number of rotatable bonds is 8. The van der Waals surface area contributed by atoms with E-state index in [2.05, 4.69) is 240 Å². The van der Waals surface area contributed by atoms with Crippen molar-refractivity contribution < 1.29 is 0 Å². The van der Waals surface area contributed by atoms with Crippen molar-refractivity contribution in [3.05, 3.63) is 253 Å². The molecule has 3 unspecified atom stereocenters. The second-order valence-corrected chi connectivity index (χ2v) is 20.2. The van der Waals surface area contributed by atoms with E-state index < -0.39 is 0 Å². The second-order valence-electron chi connectivity index (χ2n) is 19.2. The molecule has 0 N–H and O–H groups in total. The van der Waals surface area contributed by atoms with Crippen molar-refractivity contribution in [1.82, 2.24) is 0 Å². The first-order valence-electron chi connectivity index (χ1n) is 24.3. The topological polar surface area (TPSA) is 6.48 Å². The standard InChI is InChI=1S/C65H48N2S/c1-4-16-43(17-5-1)44-30-32-45(33-31-44)57-40-46-18-10-11-19-47(46)41-60(57)67(54-36-37-56-55-26-12-13-29-61(55)68-62(56)42-54)59-28-15-21-49-39-51-35-34-50-38-48-20-14-27-58(63(48)65(50,51)64(49)59)66(52-22-6-2-7-23-52)53-24-8-3-9-25-53/h1-33,36-37,40-42,50-51H,34-35,38-39H2. The van der Waals surface area contributed by atoms with Crippen LogP contribution in [0.4, 0.5) is 34.1 Å². The Kier molecular flexibility index (Phi) is 9.10. The first-order valence-corrected chi connectivity index (χ1v) is 25.1. The molecule has 1 fully saturated rings. The maximum Gasteiger partial charge on any atom is 0.0546 e. The summed E-state index contributed by atoms with van der Waals surface area (Å²) in [5, 5.41) is 5.11. The van der Waals surface area contributed by atoms with Crippen LogP contribution in [-0.4, -0.2) is 0 Å². The van der Waals surface area contributed by atoms with Crippen molar-refractivity contribution >= 4 is 76.4 Å². The summed E-state index contributed by atoms with van der Waals surface area (Å²) >= 11 is 1.90. The number of para-hydroxylation sites is 2. The molecule has 1 saturated carbocycles. The van der Waals surface area contributed by atoms with Crippen LogP contribution in [0.25, 0.3) is 53.2 Å². The van der Waals surface area contributed by atoms with E-state index in [1.54, 1.807) is 0 Å². The van der Waals surface area contributed by atoms with Gasteiger partial charge in [0.15, 0.2) is 0 Å². The number of thiophene rings is 1. The molecule has 1 heterocycles. The van der Waals surface area contributed by atoms with Crippen molar-refractivity contribution in [2.45, 2.75) is 31.1 Å². The third kappa shape index (κ3) is 6.02. The van der Waals surface area contributed by atoms with Crippen LogP contribution in [0.1, 0.15) is 35.1 Å². The van der Waals surface area contributed by atoms with Crippen molar-refractivity contribution in [2.24, 2.45) is 11.8 Å². The van der Waals surface area contributed by atoms with Gasteiger partial charge in [0.05, 0.1) is 17.1 Å². The van der Waals surface area contributed by atoms with Crippen molar-refractivity contribution in [3.63, 3.8) is 0 Å². The predicted octanol–water partition coefficient (Wildman–Crippen LogP) is 17.9. The molecular formula is C65H48N2S. The molecule has 10 aromatic carbocycles. The Bertz CT molecular complexity index is 3660. The monoisotopic (exact) mass is 888 g/mol.